The van der Waals surface area contributed by atoms with Gasteiger partial charge in [0, 0.05) is 35.8 Å². The highest BCUT2D eigenvalue weighted by atomic mass is 32.2. The van der Waals surface area contributed by atoms with Gasteiger partial charge in [-0.3, -0.25) is 4.98 Å². The fourth-order valence-electron chi connectivity index (χ4n) is 2.03. The summed E-state index contributed by atoms with van der Waals surface area (Å²) in [5.41, 5.74) is 1.54. The van der Waals surface area contributed by atoms with E-state index in [1.807, 2.05) is 31.2 Å². The Bertz CT molecular complexity index is 943. The van der Waals surface area contributed by atoms with Crippen molar-refractivity contribution in [2.45, 2.75) is 11.9 Å². The van der Waals surface area contributed by atoms with Crippen LogP contribution < -0.4 is 0 Å². The summed E-state index contributed by atoms with van der Waals surface area (Å²) in [6.45, 7) is 1.84. The third-order valence-electron chi connectivity index (χ3n) is 3.18. The Morgan fingerprint density at radius 1 is 1.05 bits per heavy atom. The van der Waals surface area contributed by atoms with Crippen LogP contribution in [0.5, 0.6) is 0 Å². The Morgan fingerprint density at radius 2 is 1.86 bits per heavy atom. The summed E-state index contributed by atoms with van der Waals surface area (Å²) in [6, 6.07) is 10.7. The molecule has 5 nitrogen and oxygen atoms in total. The highest BCUT2D eigenvalue weighted by Crippen LogP contribution is 2.16. The first-order chi connectivity index (χ1) is 10.6. The van der Waals surface area contributed by atoms with Crippen molar-refractivity contribution in [3.63, 3.8) is 0 Å². The van der Waals surface area contributed by atoms with Crippen molar-refractivity contribution in [1.82, 2.24) is 9.97 Å². The predicted octanol–water partition coefficient (Wildman–Crippen LogP) is 2.75. The van der Waals surface area contributed by atoms with E-state index in [4.69, 9.17) is 0 Å². The fourth-order valence-corrected chi connectivity index (χ4v) is 2.82. The van der Waals surface area contributed by atoms with Gasteiger partial charge in [0.25, 0.3) is 10.0 Å². The van der Waals surface area contributed by atoms with E-state index < -0.39 is 10.0 Å². The Balaban J connectivity index is 2.00. The summed E-state index contributed by atoms with van der Waals surface area (Å²) in [6.07, 6.45) is 6.13. The van der Waals surface area contributed by atoms with Crippen LogP contribution in [0.15, 0.2) is 64.4 Å². The summed E-state index contributed by atoms with van der Waals surface area (Å²) >= 11 is 0. The van der Waals surface area contributed by atoms with Gasteiger partial charge in [0.15, 0.2) is 5.03 Å². The van der Waals surface area contributed by atoms with Gasteiger partial charge in [-0.1, -0.05) is 30.3 Å². The van der Waals surface area contributed by atoms with Gasteiger partial charge < -0.3 is 0 Å². The molecule has 0 aliphatic heterocycles. The van der Waals surface area contributed by atoms with Crippen molar-refractivity contribution in [1.29, 1.82) is 0 Å². The van der Waals surface area contributed by atoms with E-state index in [0.29, 0.717) is 5.56 Å². The first-order valence-corrected chi connectivity index (χ1v) is 8.06. The molecular weight excluding hydrogens is 298 g/mol. The van der Waals surface area contributed by atoms with Crippen molar-refractivity contribution in [3.05, 3.63) is 66.1 Å². The van der Waals surface area contributed by atoms with E-state index in [1.54, 1.807) is 18.5 Å². The van der Waals surface area contributed by atoms with Gasteiger partial charge in [0.05, 0.1) is 0 Å². The Morgan fingerprint density at radius 3 is 2.64 bits per heavy atom. The maximum Gasteiger partial charge on any atom is 0.299 e. The zero-order valence-electron chi connectivity index (χ0n) is 11.8. The summed E-state index contributed by atoms with van der Waals surface area (Å²) in [4.78, 5) is 8.00. The lowest BCUT2D eigenvalue weighted by Gasteiger charge is -2.01. The molecular formula is C16H13N3O2S. The molecule has 0 amide bonds. The minimum atomic E-state index is -3.81. The van der Waals surface area contributed by atoms with E-state index >= 15 is 0 Å². The van der Waals surface area contributed by atoms with Crippen LogP contribution in [-0.2, 0) is 10.0 Å². The lowest BCUT2D eigenvalue weighted by Crippen LogP contribution is -2.01. The molecule has 0 fully saturated rings. The molecule has 0 aliphatic carbocycles. The summed E-state index contributed by atoms with van der Waals surface area (Å²) in [5.74, 6) is 0. The Labute approximate surface area is 128 Å². The molecule has 0 saturated heterocycles. The summed E-state index contributed by atoms with van der Waals surface area (Å²) in [5, 5.41) is 1.76. The average Bonchev–Trinajstić information content (AvgIpc) is 2.53. The number of aromatic nitrogens is 2. The second-order valence-electron chi connectivity index (χ2n) is 4.83. The highest BCUT2D eigenvalue weighted by molar-refractivity contribution is 7.90. The first kappa shape index (κ1) is 14.3. The number of benzene rings is 1. The van der Waals surface area contributed by atoms with Crippen LogP contribution in [0.2, 0.25) is 0 Å². The largest absolute Gasteiger partial charge is 0.299 e. The lowest BCUT2D eigenvalue weighted by atomic mass is 10.1. The van der Waals surface area contributed by atoms with E-state index in [9.17, 15) is 8.42 Å². The van der Waals surface area contributed by atoms with Crippen molar-refractivity contribution in [2.75, 3.05) is 0 Å². The second-order valence-corrected chi connectivity index (χ2v) is 6.41. The van der Waals surface area contributed by atoms with Crippen molar-refractivity contribution in [3.8, 4) is 0 Å². The molecule has 2 heterocycles. The second kappa shape index (κ2) is 5.65. The van der Waals surface area contributed by atoms with Crippen LogP contribution in [0.4, 0.5) is 0 Å². The zero-order chi connectivity index (χ0) is 15.6. The van der Waals surface area contributed by atoms with Crippen LogP contribution in [-0.4, -0.2) is 24.6 Å². The number of fused-ring (bicyclic) bond motifs is 1. The van der Waals surface area contributed by atoms with Gasteiger partial charge in [-0.15, -0.1) is 0 Å². The van der Waals surface area contributed by atoms with Crippen molar-refractivity contribution < 1.29 is 8.42 Å². The van der Waals surface area contributed by atoms with E-state index in [-0.39, 0.29) is 5.03 Å². The molecule has 2 aromatic heterocycles. The summed E-state index contributed by atoms with van der Waals surface area (Å²) < 4.78 is 28.1. The quantitative estimate of drug-likeness (QED) is 0.697. The third-order valence-corrected chi connectivity index (χ3v) is 4.33. The van der Waals surface area contributed by atoms with Crippen molar-refractivity contribution in [2.24, 2.45) is 4.40 Å². The molecule has 0 spiro atoms. The number of sulfonamides is 1. The number of rotatable bonds is 3. The molecule has 22 heavy (non-hydrogen) atoms. The molecule has 1 aromatic carbocycles. The molecule has 0 radical (unpaired) electrons. The molecule has 0 saturated carbocycles. The standard InChI is InChI=1S/C16H13N3O2S/c1-12-6-7-16(18-8-12)22(20,21)19-11-14-10-17-9-13-4-2-3-5-15(13)14/h2-11H,1H3/b19-11+. The van der Waals surface area contributed by atoms with Gasteiger partial charge in [0.1, 0.15) is 0 Å². The Hall–Kier alpha value is -2.60. The van der Waals surface area contributed by atoms with E-state index in [1.165, 1.54) is 18.5 Å². The maximum atomic E-state index is 12.2. The number of pyridine rings is 2. The molecule has 0 bridgehead atoms. The van der Waals surface area contributed by atoms with Crippen LogP contribution in [0, 0.1) is 6.92 Å². The summed E-state index contributed by atoms with van der Waals surface area (Å²) in [7, 11) is -3.81. The fraction of sp³-hybridized carbons (Fsp3) is 0.0625. The molecule has 3 rings (SSSR count). The predicted molar refractivity (Wildman–Crippen MR) is 85.5 cm³/mol. The van der Waals surface area contributed by atoms with Gasteiger partial charge in [0.2, 0.25) is 0 Å². The molecule has 0 N–H and O–H groups in total. The minimum absolute atomic E-state index is 0.0671. The topological polar surface area (TPSA) is 72.3 Å². The van der Waals surface area contributed by atoms with Crippen LogP contribution in [0.1, 0.15) is 11.1 Å². The lowest BCUT2D eigenvalue weighted by molar-refractivity contribution is 0.594. The maximum absolute atomic E-state index is 12.2. The molecule has 0 aliphatic rings. The number of hydrogen-bond acceptors (Lipinski definition) is 4. The molecule has 110 valence electrons. The molecule has 0 unspecified atom stereocenters. The number of nitrogens with zero attached hydrogens (tertiary/aromatic N) is 3. The minimum Gasteiger partial charge on any atom is -0.263 e. The van der Waals surface area contributed by atoms with Gasteiger partial charge in [-0.2, -0.15) is 12.8 Å². The zero-order valence-corrected chi connectivity index (χ0v) is 12.7. The van der Waals surface area contributed by atoms with Gasteiger partial charge >= 0.3 is 0 Å². The smallest absolute Gasteiger partial charge is 0.263 e. The molecule has 6 heteroatoms. The Kier molecular flexibility index (Phi) is 3.68. The van der Waals surface area contributed by atoms with Gasteiger partial charge in [-0.05, 0) is 23.9 Å². The SMILES string of the molecule is Cc1ccc(S(=O)(=O)/N=C/c2cncc3ccccc23)nc1. The van der Waals surface area contributed by atoms with E-state index in [2.05, 4.69) is 14.4 Å². The molecule has 0 atom stereocenters. The van der Waals surface area contributed by atoms with Crippen LogP contribution in [0.25, 0.3) is 10.8 Å². The van der Waals surface area contributed by atoms with Crippen LogP contribution in [0.3, 0.4) is 0 Å². The first-order valence-electron chi connectivity index (χ1n) is 6.62. The van der Waals surface area contributed by atoms with Gasteiger partial charge in [-0.25, -0.2) is 4.98 Å². The average molecular weight is 311 g/mol. The molecule has 3 aromatic rings. The number of aryl methyl sites for hydroxylation is 1. The van der Waals surface area contributed by atoms with Crippen molar-refractivity contribution >= 4 is 27.0 Å². The monoisotopic (exact) mass is 311 g/mol. The normalized spacial score (nSPS) is 12.0. The van der Waals surface area contributed by atoms with E-state index in [0.717, 1.165) is 16.3 Å². The number of hydrogen-bond donors (Lipinski definition) is 0. The highest BCUT2D eigenvalue weighted by Gasteiger charge is 2.13. The van der Waals surface area contributed by atoms with Crippen LogP contribution >= 0.6 is 0 Å². The third kappa shape index (κ3) is 2.87.